The normalized spacial score (nSPS) is 15.9. The van der Waals surface area contributed by atoms with Crippen LogP contribution in [0.1, 0.15) is 41.6 Å². The van der Waals surface area contributed by atoms with Gasteiger partial charge in [-0.25, -0.2) is 4.79 Å². The average Bonchev–Trinajstić information content (AvgIpc) is 3.17. The van der Waals surface area contributed by atoms with E-state index in [1.54, 1.807) is 12.1 Å². The first-order chi connectivity index (χ1) is 15.0. The summed E-state index contributed by atoms with van der Waals surface area (Å²) in [5.74, 6) is -2.71. The SMILES string of the molecule is O=C(OCCS(=O)(=O)O)c1ccc(OC(F)(F)F)c(OC2(c3ccccc3)CCCC2)c1. The van der Waals surface area contributed by atoms with Crippen molar-refractivity contribution in [2.24, 2.45) is 0 Å². The van der Waals surface area contributed by atoms with Gasteiger partial charge in [0.25, 0.3) is 10.1 Å². The first-order valence-electron chi connectivity index (χ1n) is 9.74. The molecular weight excluding hydrogens is 453 g/mol. The molecule has 0 saturated heterocycles. The van der Waals surface area contributed by atoms with Gasteiger partial charge in [-0.1, -0.05) is 30.3 Å². The Kier molecular flexibility index (Phi) is 6.99. The number of hydrogen-bond acceptors (Lipinski definition) is 6. The van der Waals surface area contributed by atoms with Crippen molar-refractivity contribution < 1.29 is 45.1 Å². The molecule has 0 radical (unpaired) electrons. The van der Waals surface area contributed by atoms with Crippen LogP contribution in [0, 0.1) is 0 Å². The number of hydrogen-bond donors (Lipinski definition) is 1. The Morgan fingerprint density at radius 3 is 2.28 bits per heavy atom. The van der Waals surface area contributed by atoms with Crippen LogP contribution >= 0.6 is 0 Å². The molecule has 0 aromatic heterocycles. The van der Waals surface area contributed by atoms with Crippen LogP contribution in [0.15, 0.2) is 48.5 Å². The number of carbonyl (C=O) groups is 1. The molecule has 0 spiro atoms. The highest BCUT2D eigenvalue weighted by molar-refractivity contribution is 7.85. The largest absolute Gasteiger partial charge is 0.573 e. The van der Waals surface area contributed by atoms with Gasteiger partial charge in [-0.05, 0) is 49.4 Å². The Labute approximate surface area is 182 Å². The van der Waals surface area contributed by atoms with Crippen molar-refractivity contribution in [2.45, 2.75) is 37.6 Å². The first-order valence-corrected chi connectivity index (χ1v) is 11.3. The van der Waals surface area contributed by atoms with E-state index in [0.717, 1.165) is 36.6 Å². The minimum Gasteiger partial charge on any atom is -0.479 e. The van der Waals surface area contributed by atoms with E-state index >= 15 is 0 Å². The molecule has 1 saturated carbocycles. The Balaban J connectivity index is 1.92. The van der Waals surface area contributed by atoms with Gasteiger partial charge < -0.3 is 14.2 Å². The molecule has 7 nitrogen and oxygen atoms in total. The third-order valence-electron chi connectivity index (χ3n) is 5.00. The molecule has 32 heavy (non-hydrogen) atoms. The van der Waals surface area contributed by atoms with Crippen LogP contribution in [0.3, 0.4) is 0 Å². The van der Waals surface area contributed by atoms with E-state index in [1.807, 2.05) is 18.2 Å². The Bertz CT molecular complexity index is 1050. The molecule has 1 aliphatic rings. The summed E-state index contributed by atoms with van der Waals surface area (Å²) in [5.41, 5.74) is -0.263. The van der Waals surface area contributed by atoms with Gasteiger partial charge in [0, 0.05) is 0 Å². The molecule has 0 unspecified atom stereocenters. The maximum Gasteiger partial charge on any atom is 0.573 e. The van der Waals surface area contributed by atoms with Gasteiger partial charge >= 0.3 is 12.3 Å². The summed E-state index contributed by atoms with van der Waals surface area (Å²) >= 11 is 0. The van der Waals surface area contributed by atoms with Gasteiger partial charge in [0.1, 0.15) is 18.0 Å². The molecule has 0 bridgehead atoms. The standard InChI is InChI=1S/C21H21F3O7S/c22-21(23,24)31-17-9-8-15(19(25)29-12-13-32(26,27)28)14-18(17)30-20(10-4-5-11-20)16-6-2-1-3-7-16/h1-3,6-9,14H,4-5,10-13H2,(H,26,27,28). The fraction of sp³-hybridized carbons (Fsp3) is 0.381. The number of carbonyl (C=O) groups excluding carboxylic acids is 1. The third-order valence-corrected chi connectivity index (χ3v) is 5.68. The van der Waals surface area contributed by atoms with Gasteiger partial charge in [-0.3, -0.25) is 4.55 Å². The van der Waals surface area contributed by atoms with Gasteiger partial charge in [0.2, 0.25) is 0 Å². The van der Waals surface area contributed by atoms with Crippen molar-refractivity contribution in [3.8, 4) is 11.5 Å². The number of ether oxygens (including phenoxy) is 3. The topological polar surface area (TPSA) is 99.1 Å². The van der Waals surface area contributed by atoms with E-state index in [0.29, 0.717) is 12.8 Å². The van der Waals surface area contributed by atoms with Crippen LogP contribution in [0.2, 0.25) is 0 Å². The highest BCUT2D eigenvalue weighted by Gasteiger charge is 2.40. The second-order valence-electron chi connectivity index (χ2n) is 7.30. The number of esters is 1. The molecule has 0 amide bonds. The van der Waals surface area contributed by atoms with E-state index in [4.69, 9.17) is 14.0 Å². The van der Waals surface area contributed by atoms with Gasteiger partial charge in [0.05, 0.1) is 5.56 Å². The highest BCUT2D eigenvalue weighted by Crippen LogP contribution is 2.45. The number of benzene rings is 2. The summed E-state index contributed by atoms with van der Waals surface area (Å²) in [6.07, 6.45) is -2.24. The summed E-state index contributed by atoms with van der Waals surface area (Å²) in [7, 11) is -4.34. The van der Waals surface area contributed by atoms with Gasteiger partial charge in [-0.2, -0.15) is 8.42 Å². The fourth-order valence-corrected chi connectivity index (χ4v) is 3.89. The van der Waals surface area contributed by atoms with Crippen LogP contribution in [-0.2, 0) is 20.5 Å². The first kappa shape index (κ1) is 23.9. The van der Waals surface area contributed by atoms with Gasteiger partial charge in [-0.15, -0.1) is 13.2 Å². The molecule has 0 heterocycles. The molecular formula is C21H21F3O7S. The molecule has 174 valence electrons. The van der Waals surface area contributed by atoms with Crippen molar-refractivity contribution in [1.29, 1.82) is 0 Å². The molecule has 3 rings (SSSR count). The Hall–Kier alpha value is -2.79. The summed E-state index contributed by atoms with van der Waals surface area (Å²) in [5, 5.41) is 0. The summed E-state index contributed by atoms with van der Waals surface area (Å²) in [4.78, 5) is 12.2. The van der Waals surface area contributed by atoms with Crippen molar-refractivity contribution in [3.63, 3.8) is 0 Å². The molecule has 2 aromatic rings. The van der Waals surface area contributed by atoms with E-state index in [1.165, 1.54) is 0 Å². The zero-order chi connectivity index (χ0) is 23.4. The second kappa shape index (κ2) is 9.37. The third kappa shape index (κ3) is 6.36. The van der Waals surface area contributed by atoms with Gasteiger partial charge in [0.15, 0.2) is 11.5 Å². The summed E-state index contributed by atoms with van der Waals surface area (Å²) < 4.78 is 84.1. The van der Waals surface area contributed by atoms with Crippen LogP contribution in [0.4, 0.5) is 13.2 Å². The van der Waals surface area contributed by atoms with Crippen LogP contribution in [0.5, 0.6) is 11.5 Å². The zero-order valence-corrected chi connectivity index (χ0v) is 17.6. The van der Waals surface area contributed by atoms with Crippen molar-refractivity contribution in [3.05, 3.63) is 59.7 Å². The van der Waals surface area contributed by atoms with E-state index in [2.05, 4.69) is 4.74 Å². The maximum absolute atomic E-state index is 12.9. The lowest BCUT2D eigenvalue weighted by molar-refractivity contribution is -0.275. The maximum atomic E-state index is 12.9. The summed E-state index contributed by atoms with van der Waals surface area (Å²) in [6.45, 7) is -0.622. The lowest BCUT2D eigenvalue weighted by Crippen LogP contribution is -2.30. The monoisotopic (exact) mass is 474 g/mol. The van der Waals surface area contributed by atoms with Crippen LogP contribution in [0.25, 0.3) is 0 Å². The van der Waals surface area contributed by atoms with E-state index in [-0.39, 0.29) is 11.3 Å². The van der Waals surface area contributed by atoms with E-state index in [9.17, 15) is 26.4 Å². The summed E-state index contributed by atoms with van der Waals surface area (Å²) in [6, 6.07) is 12.1. The minimum absolute atomic E-state index is 0.161. The quantitative estimate of drug-likeness (QED) is 0.445. The molecule has 1 N–H and O–H groups in total. The molecule has 11 heteroatoms. The highest BCUT2D eigenvalue weighted by atomic mass is 32.2. The molecule has 0 atom stereocenters. The molecule has 0 aliphatic heterocycles. The number of alkyl halides is 3. The smallest absolute Gasteiger partial charge is 0.479 e. The molecule has 1 aliphatic carbocycles. The van der Waals surface area contributed by atoms with Crippen LogP contribution < -0.4 is 9.47 Å². The fourth-order valence-electron chi connectivity index (χ4n) is 3.59. The Morgan fingerprint density at radius 1 is 1.03 bits per heavy atom. The number of rotatable bonds is 8. The lowest BCUT2D eigenvalue weighted by Gasteiger charge is -2.32. The van der Waals surface area contributed by atoms with Crippen molar-refractivity contribution in [2.75, 3.05) is 12.4 Å². The average molecular weight is 474 g/mol. The van der Waals surface area contributed by atoms with Crippen molar-refractivity contribution in [1.82, 2.24) is 0 Å². The second-order valence-corrected chi connectivity index (χ2v) is 8.87. The predicted octanol–water partition coefficient (Wildman–Crippen LogP) is 4.48. The van der Waals surface area contributed by atoms with E-state index < -0.39 is 46.2 Å². The molecule has 1 fully saturated rings. The Morgan fingerprint density at radius 2 is 1.69 bits per heavy atom. The number of halogens is 3. The predicted molar refractivity (Wildman–Crippen MR) is 107 cm³/mol. The van der Waals surface area contributed by atoms with Crippen molar-refractivity contribution >= 4 is 16.1 Å². The minimum atomic E-state index is -4.98. The lowest BCUT2D eigenvalue weighted by atomic mass is 9.92. The molecule has 2 aromatic carbocycles. The zero-order valence-electron chi connectivity index (χ0n) is 16.8. The van der Waals surface area contributed by atoms with Crippen LogP contribution in [-0.4, -0.2) is 37.7 Å².